The number of rotatable bonds is 4. The molecule has 0 unspecified atom stereocenters. The summed E-state index contributed by atoms with van der Waals surface area (Å²) in [5, 5.41) is 2.97. The second-order valence-corrected chi connectivity index (χ2v) is 5.38. The van der Waals surface area contributed by atoms with Gasteiger partial charge in [0.1, 0.15) is 5.75 Å². The molecular formula is C15H21N3O3. The van der Waals surface area contributed by atoms with Crippen LogP contribution in [0.15, 0.2) is 18.2 Å². The minimum absolute atomic E-state index is 0.0548. The minimum atomic E-state index is -0.253. The number of methoxy groups -OCH3 is 1. The van der Waals surface area contributed by atoms with Gasteiger partial charge in [-0.25, -0.2) is 0 Å². The predicted octanol–water partition coefficient (Wildman–Crippen LogP) is 1.05. The van der Waals surface area contributed by atoms with E-state index >= 15 is 0 Å². The van der Waals surface area contributed by atoms with Gasteiger partial charge < -0.3 is 21.5 Å². The molecule has 6 nitrogen and oxygen atoms in total. The number of hydrogen-bond acceptors (Lipinski definition) is 4. The summed E-state index contributed by atoms with van der Waals surface area (Å²) in [6, 6.07) is 5.02. The van der Waals surface area contributed by atoms with Crippen LogP contribution in [-0.4, -0.2) is 25.0 Å². The standard InChI is InChI=1S/C15H21N3O3/c1-21-13-7-4-10(16)8-12(13)15(20)18-11-5-2-9(3-6-11)14(17)19/h4,7-9,11H,2-3,5-6,16H2,1H3,(H2,17,19)(H,18,20). The Labute approximate surface area is 123 Å². The minimum Gasteiger partial charge on any atom is -0.496 e. The number of nitrogens with two attached hydrogens (primary N) is 2. The van der Waals surface area contributed by atoms with Gasteiger partial charge in [0.25, 0.3) is 5.91 Å². The maximum atomic E-state index is 12.3. The molecule has 2 rings (SSSR count). The van der Waals surface area contributed by atoms with Crippen LogP contribution in [0.1, 0.15) is 36.0 Å². The summed E-state index contributed by atoms with van der Waals surface area (Å²) in [5.74, 6) is -0.0356. The molecule has 1 aromatic carbocycles. The Balaban J connectivity index is 1.99. The van der Waals surface area contributed by atoms with Crippen LogP contribution in [0, 0.1) is 5.92 Å². The van der Waals surface area contributed by atoms with Crippen LogP contribution in [0.2, 0.25) is 0 Å². The highest BCUT2D eigenvalue weighted by atomic mass is 16.5. The van der Waals surface area contributed by atoms with Gasteiger partial charge in [-0.1, -0.05) is 0 Å². The van der Waals surface area contributed by atoms with E-state index in [-0.39, 0.29) is 23.8 Å². The van der Waals surface area contributed by atoms with Crippen molar-refractivity contribution in [2.75, 3.05) is 12.8 Å². The van der Waals surface area contributed by atoms with Crippen LogP contribution in [0.25, 0.3) is 0 Å². The number of nitrogens with one attached hydrogen (secondary N) is 1. The molecule has 0 bridgehead atoms. The van der Waals surface area contributed by atoms with Crippen LogP contribution in [-0.2, 0) is 4.79 Å². The van der Waals surface area contributed by atoms with Gasteiger partial charge in [0.15, 0.2) is 0 Å². The zero-order valence-electron chi connectivity index (χ0n) is 12.1. The highest BCUT2D eigenvalue weighted by molar-refractivity contribution is 5.98. The van der Waals surface area contributed by atoms with Crippen molar-refractivity contribution in [3.05, 3.63) is 23.8 Å². The largest absolute Gasteiger partial charge is 0.496 e. The Morgan fingerprint density at radius 1 is 1.24 bits per heavy atom. The van der Waals surface area contributed by atoms with E-state index in [1.54, 1.807) is 18.2 Å². The summed E-state index contributed by atoms with van der Waals surface area (Å²) >= 11 is 0. The van der Waals surface area contributed by atoms with Crippen LogP contribution in [0.3, 0.4) is 0 Å². The average molecular weight is 291 g/mol. The monoisotopic (exact) mass is 291 g/mol. The molecule has 6 heteroatoms. The molecule has 114 valence electrons. The number of anilines is 1. The number of carbonyl (C=O) groups is 2. The topological polar surface area (TPSA) is 107 Å². The molecular weight excluding hydrogens is 270 g/mol. The van der Waals surface area contributed by atoms with Crippen molar-refractivity contribution in [2.45, 2.75) is 31.7 Å². The lowest BCUT2D eigenvalue weighted by atomic mass is 9.85. The van der Waals surface area contributed by atoms with Crippen LogP contribution in [0.4, 0.5) is 5.69 Å². The quantitative estimate of drug-likeness (QED) is 0.721. The highest BCUT2D eigenvalue weighted by Gasteiger charge is 2.26. The summed E-state index contributed by atoms with van der Waals surface area (Å²) in [4.78, 5) is 23.5. The Bertz CT molecular complexity index is 537. The Morgan fingerprint density at radius 3 is 2.48 bits per heavy atom. The molecule has 1 fully saturated rings. The summed E-state index contributed by atoms with van der Waals surface area (Å²) in [6.07, 6.45) is 2.94. The number of nitrogen functional groups attached to an aromatic ring is 1. The fraction of sp³-hybridized carbons (Fsp3) is 0.467. The first kappa shape index (κ1) is 15.2. The summed E-state index contributed by atoms with van der Waals surface area (Å²) < 4.78 is 5.18. The second kappa shape index (κ2) is 6.47. The van der Waals surface area contributed by atoms with E-state index in [4.69, 9.17) is 16.2 Å². The molecule has 1 aliphatic carbocycles. The number of benzene rings is 1. The molecule has 1 saturated carbocycles. The maximum Gasteiger partial charge on any atom is 0.255 e. The molecule has 0 heterocycles. The normalized spacial score (nSPS) is 21.6. The van der Waals surface area contributed by atoms with Gasteiger partial charge >= 0.3 is 0 Å². The Hall–Kier alpha value is -2.24. The Morgan fingerprint density at radius 2 is 1.90 bits per heavy atom. The predicted molar refractivity (Wildman–Crippen MR) is 79.8 cm³/mol. The first-order valence-corrected chi connectivity index (χ1v) is 7.05. The van der Waals surface area contributed by atoms with Crippen LogP contribution in [0.5, 0.6) is 5.75 Å². The first-order chi connectivity index (χ1) is 10.0. The summed E-state index contributed by atoms with van der Waals surface area (Å²) in [6.45, 7) is 0. The number of carbonyl (C=O) groups excluding carboxylic acids is 2. The first-order valence-electron chi connectivity index (χ1n) is 7.05. The average Bonchev–Trinajstić information content (AvgIpc) is 2.47. The van der Waals surface area contributed by atoms with E-state index in [1.165, 1.54) is 7.11 Å². The number of ether oxygens (including phenoxy) is 1. The zero-order valence-corrected chi connectivity index (χ0v) is 12.1. The second-order valence-electron chi connectivity index (χ2n) is 5.38. The van der Waals surface area contributed by atoms with Crippen LogP contribution < -0.4 is 21.5 Å². The number of hydrogen-bond donors (Lipinski definition) is 3. The molecule has 2 amide bonds. The molecule has 0 spiro atoms. The Kier molecular flexibility index (Phi) is 4.67. The lowest BCUT2D eigenvalue weighted by molar-refractivity contribution is -0.122. The third-order valence-electron chi connectivity index (χ3n) is 3.93. The fourth-order valence-corrected chi connectivity index (χ4v) is 2.69. The van der Waals surface area contributed by atoms with Gasteiger partial charge in [-0.15, -0.1) is 0 Å². The maximum absolute atomic E-state index is 12.3. The zero-order chi connectivity index (χ0) is 15.4. The molecule has 21 heavy (non-hydrogen) atoms. The highest BCUT2D eigenvalue weighted by Crippen LogP contribution is 2.25. The van der Waals surface area contributed by atoms with Gasteiger partial charge in [-0.2, -0.15) is 0 Å². The molecule has 1 aromatic rings. The van der Waals surface area contributed by atoms with E-state index in [2.05, 4.69) is 5.32 Å². The number of amides is 2. The van der Waals surface area contributed by atoms with Crippen molar-refractivity contribution in [2.24, 2.45) is 11.7 Å². The van der Waals surface area contributed by atoms with Gasteiger partial charge in [0.2, 0.25) is 5.91 Å². The molecule has 0 atom stereocenters. The van der Waals surface area contributed by atoms with Crippen LogP contribution >= 0.6 is 0 Å². The van der Waals surface area contributed by atoms with E-state index in [1.807, 2.05) is 0 Å². The van der Waals surface area contributed by atoms with Crippen molar-refractivity contribution >= 4 is 17.5 Å². The molecule has 0 saturated heterocycles. The molecule has 0 aromatic heterocycles. The third kappa shape index (κ3) is 3.65. The van der Waals surface area contributed by atoms with E-state index in [9.17, 15) is 9.59 Å². The van der Waals surface area contributed by atoms with Crippen molar-refractivity contribution in [3.63, 3.8) is 0 Å². The van der Waals surface area contributed by atoms with Crippen molar-refractivity contribution < 1.29 is 14.3 Å². The lowest BCUT2D eigenvalue weighted by Crippen LogP contribution is -2.39. The van der Waals surface area contributed by atoms with Crippen molar-refractivity contribution in [3.8, 4) is 5.75 Å². The molecule has 5 N–H and O–H groups in total. The molecule has 0 aliphatic heterocycles. The molecule has 0 radical (unpaired) electrons. The smallest absolute Gasteiger partial charge is 0.255 e. The van der Waals surface area contributed by atoms with E-state index in [0.717, 1.165) is 12.8 Å². The van der Waals surface area contributed by atoms with Crippen molar-refractivity contribution in [1.82, 2.24) is 5.32 Å². The van der Waals surface area contributed by atoms with E-state index in [0.29, 0.717) is 29.8 Å². The van der Waals surface area contributed by atoms with Gasteiger partial charge in [-0.05, 0) is 43.9 Å². The van der Waals surface area contributed by atoms with E-state index < -0.39 is 0 Å². The summed E-state index contributed by atoms with van der Waals surface area (Å²) in [7, 11) is 1.51. The molecule has 1 aliphatic rings. The van der Waals surface area contributed by atoms with Crippen molar-refractivity contribution in [1.29, 1.82) is 0 Å². The third-order valence-corrected chi connectivity index (χ3v) is 3.93. The van der Waals surface area contributed by atoms with Gasteiger partial charge in [0, 0.05) is 17.6 Å². The lowest BCUT2D eigenvalue weighted by Gasteiger charge is -2.27. The summed E-state index contributed by atoms with van der Waals surface area (Å²) in [5.41, 5.74) is 12.0. The number of primary amides is 1. The van der Waals surface area contributed by atoms with Gasteiger partial charge in [0.05, 0.1) is 12.7 Å². The fourth-order valence-electron chi connectivity index (χ4n) is 2.69. The SMILES string of the molecule is COc1ccc(N)cc1C(=O)NC1CCC(C(N)=O)CC1. The van der Waals surface area contributed by atoms with Gasteiger partial charge in [-0.3, -0.25) is 9.59 Å².